The van der Waals surface area contributed by atoms with Crippen LogP contribution < -0.4 is 0 Å². The van der Waals surface area contributed by atoms with Gasteiger partial charge in [0.1, 0.15) is 0 Å². The molecule has 2 aromatic rings. The molecule has 0 bridgehead atoms. The van der Waals surface area contributed by atoms with E-state index < -0.39 is 6.10 Å². The molecule has 0 heterocycles. The summed E-state index contributed by atoms with van der Waals surface area (Å²) in [7, 11) is 1.68. The van der Waals surface area contributed by atoms with Crippen molar-refractivity contribution in [2.45, 2.75) is 19.6 Å². The minimum atomic E-state index is -0.710. The van der Waals surface area contributed by atoms with Crippen LogP contribution in [0.3, 0.4) is 0 Å². The Morgan fingerprint density at radius 3 is 2.43 bits per heavy atom. The van der Waals surface area contributed by atoms with E-state index in [0.717, 1.165) is 11.1 Å². The van der Waals surface area contributed by atoms with Crippen LogP contribution in [0.25, 0.3) is 0 Å². The Morgan fingerprint density at radius 2 is 1.78 bits per heavy atom. The molecular formula is C19H23NO3. The molecule has 0 aliphatic heterocycles. The molecule has 0 aliphatic rings. The molecule has 1 N–H and O–H groups in total. The molecule has 2 rings (SSSR count). The highest BCUT2D eigenvalue weighted by atomic mass is 16.5. The van der Waals surface area contributed by atoms with Gasteiger partial charge in [0.15, 0.2) is 0 Å². The van der Waals surface area contributed by atoms with E-state index in [1.807, 2.05) is 49.4 Å². The van der Waals surface area contributed by atoms with Crippen molar-refractivity contribution in [3.63, 3.8) is 0 Å². The monoisotopic (exact) mass is 313 g/mol. The van der Waals surface area contributed by atoms with Crippen molar-refractivity contribution in [1.82, 2.24) is 4.90 Å². The fourth-order valence-electron chi connectivity index (χ4n) is 2.26. The molecule has 0 fully saturated rings. The molecular weight excluding hydrogens is 290 g/mol. The van der Waals surface area contributed by atoms with E-state index in [4.69, 9.17) is 4.74 Å². The molecule has 1 amide bonds. The first-order chi connectivity index (χ1) is 11.1. The number of likely N-dealkylation sites (N-methyl/N-ethyl adjacent to an activating group) is 1. The van der Waals surface area contributed by atoms with Crippen molar-refractivity contribution in [3.05, 3.63) is 71.3 Å². The number of nitrogens with zero attached hydrogens (tertiary/aromatic N) is 1. The Morgan fingerprint density at radius 1 is 1.13 bits per heavy atom. The van der Waals surface area contributed by atoms with Crippen molar-refractivity contribution in [1.29, 1.82) is 0 Å². The molecule has 4 heteroatoms. The lowest BCUT2D eigenvalue weighted by Crippen LogP contribution is -2.36. The summed E-state index contributed by atoms with van der Waals surface area (Å²) in [6.07, 6.45) is -0.710. The largest absolute Gasteiger partial charge is 0.389 e. The van der Waals surface area contributed by atoms with E-state index in [9.17, 15) is 9.90 Å². The van der Waals surface area contributed by atoms with Crippen molar-refractivity contribution in [2.75, 3.05) is 20.2 Å². The zero-order valence-electron chi connectivity index (χ0n) is 13.6. The van der Waals surface area contributed by atoms with E-state index in [-0.39, 0.29) is 19.1 Å². The molecule has 2 aromatic carbocycles. The van der Waals surface area contributed by atoms with Gasteiger partial charge in [-0.1, -0.05) is 48.0 Å². The third-order valence-electron chi connectivity index (χ3n) is 3.55. The SMILES string of the molecule is Cc1ccc(C(=O)N(C)CC(O)COCc2ccccc2)cc1. The summed E-state index contributed by atoms with van der Waals surface area (Å²) in [5.41, 5.74) is 2.79. The third-order valence-corrected chi connectivity index (χ3v) is 3.55. The van der Waals surface area contributed by atoms with Gasteiger partial charge in [-0.2, -0.15) is 0 Å². The topological polar surface area (TPSA) is 49.8 Å². The molecule has 1 unspecified atom stereocenters. The molecule has 0 saturated heterocycles. The summed E-state index contributed by atoms with van der Waals surface area (Å²) in [5.74, 6) is -0.105. The predicted molar refractivity (Wildman–Crippen MR) is 90.2 cm³/mol. The maximum absolute atomic E-state index is 12.3. The van der Waals surface area contributed by atoms with Gasteiger partial charge in [0.05, 0.1) is 19.3 Å². The maximum Gasteiger partial charge on any atom is 0.253 e. The first-order valence-corrected chi connectivity index (χ1v) is 7.68. The average molecular weight is 313 g/mol. The van der Waals surface area contributed by atoms with Gasteiger partial charge in [-0.05, 0) is 24.6 Å². The van der Waals surface area contributed by atoms with E-state index in [1.54, 1.807) is 19.2 Å². The van der Waals surface area contributed by atoms with Gasteiger partial charge in [-0.25, -0.2) is 0 Å². The highest BCUT2D eigenvalue weighted by Gasteiger charge is 2.15. The van der Waals surface area contributed by atoms with Crippen LogP contribution in [0.5, 0.6) is 0 Å². The van der Waals surface area contributed by atoms with Crippen LogP contribution >= 0.6 is 0 Å². The number of aliphatic hydroxyl groups is 1. The van der Waals surface area contributed by atoms with Crippen LogP contribution in [0.1, 0.15) is 21.5 Å². The number of rotatable bonds is 7. The van der Waals surface area contributed by atoms with Gasteiger partial charge in [0.2, 0.25) is 0 Å². The first-order valence-electron chi connectivity index (χ1n) is 7.68. The summed E-state index contributed by atoms with van der Waals surface area (Å²) in [6.45, 7) is 2.86. The van der Waals surface area contributed by atoms with Gasteiger partial charge in [0.25, 0.3) is 5.91 Å². The van der Waals surface area contributed by atoms with Crippen molar-refractivity contribution in [3.8, 4) is 0 Å². The van der Waals surface area contributed by atoms with Crippen LogP contribution in [-0.2, 0) is 11.3 Å². The van der Waals surface area contributed by atoms with E-state index in [1.165, 1.54) is 4.90 Å². The van der Waals surface area contributed by atoms with Crippen LogP contribution in [-0.4, -0.2) is 42.2 Å². The quantitative estimate of drug-likeness (QED) is 0.855. The summed E-state index contributed by atoms with van der Waals surface area (Å²) in [4.78, 5) is 13.8. The number of benzene rings is 2. The lowest BCUT2D eigenvalue weighted by Gasteiger charge is -2.21. The van der Waals surface area contributed by atoms with Crippen LogP contribution in [0, 0.1) is 6.92 Å². The molecule has 0 saturated carbocycles. The third kappa shape index (κ3) is 5.51. The number of aliphatic hydroxyl groups excluding tert-OH is 1. The van der Waals surface area contributed by atoms with Gasteiger partial charge < -0.3 is 14.7 Å². The Kier molecular flexibility index (Phi) is 6.32. The Hall–Kier alpha value is -2.17. The minimum Gasteiger partial charge on any atom is -0.389 e. The molecule has 4 nitrogen and oxygen atoms in total. The fourth-order valence-corrected chi connectivity index (χ4v) is 2.26. The van der Waals surface area contributed by atoms with Crippen LogP contribution in [0.15, 0.2) is 54.6 Å². The second-order valence-electron chi connectivity index (χ2n) is 5.71. The van der Waals surface area contributed by atoms with Crippen LogP contribution in [0.4, 0.5) is 0 Å². The average Bonchev–Trinajstić information content (AvgIpc) is 2.56. The van der Waals surface area contributed by atoms with Gasteiger partial charge >= 0.3 is 0 Å². The number of amides is 1. The summed E-state index contributed by atoms with van der Waals surface area (Å²) >= 11 is 0. The highest BCUT2D eigenvalue weighted by molar-refractivity contribution is 5.94. The minimum absolute atomic E-state index is 0.105. The van der Waals surface area contributed by atoms with Crippen LogP contribution in [0.2, 0.25) is 0 Å². The zero-order chi connectivity index (χ0) is 16.7. The zero-order valence-corrected chi connectivity index (χ0v) is 13.6. The number of ether oxygens (including phenoxy) is 1. The smallest absolute Gasteiger partial charge is 0.253 e. The summed E-state index contributed by atoms with van der Waals surface area (Å²) < 4.78 is 5.50. The standard InChI is InChI=1S/C19H23NO3/c1-15-8-10-17(11-9-15)19(22)20(2)12-18(21)14-23-13-16-6-4-3-5-7-16/h3-11,18,21H,12-14H2,1-2H3. The molecule has 122 valence electrons. The first kappa shape index (κ1) is 17.2. The van der Waals surface area contributed by atoms with Gasteiger partial charge in [0, 0.05) is 19.2 Å². The normalized spacial score (nSPS) is 12.0. The molecule has 0 aromatic heterocycles. The number of hydrogen-bond acceptors (Lipinski definition) is 3. The van der Waals surface area contributed by atoms with Crippen molar-refractivity contribution < 1.29 is 14.6 Å². The molecule has 0 aliphatic carbocycles. The lowest BCUT2D eigenvalue weighted by atomic mass is 10.1. The van der Waals surface area contributed by atoms with Gasteiger partial charge in [-0.15, -0.1) is 0 Å². The summed E-state index contributed by atoms with van der Waals surface area (Å²) in [5, 5.41) is 10.0. The van der Waals surface area contributed by atoms with Crippen molar-refractivity contribution >= 4 is 5.91 Å². The Labute approximate surface area is 137 Å². The number of aryl methyl sites for hydroxylation is 1. The number of hydrogen-bond donors (Lipinski definition) is 1. The Balaban J connectivity index is 1.76. The maximum atomic E-state index is 12.3. The van der Waals surface area contributed by atoms with Gasteiger partial charge in [-0.3, -0.25) is 4.79 Å². The highest BCUT2D eigenvalue weighted by Crippen LogP contribution is 2.07. The summed E-state index contributed by atoms with van der Waals surface area (Å²) in [6, 6.07) is 17.2. The van der Waals surface area contributed by atoms with Crippen molar-refractivity contribution in [2.24, 2.45) is 0 Å². The predicted octanol–water partition coefficient (Wildman–Crippen LogP) is 2.64. The lowest BCUT2D eigenvalue weighted by molar-refractivity contribution is 0.0137. The van der Waals surface area contributed by atoms with E-state index >= 15 is 0 Å². The molecule has 0 radical (unpaired) electrons. The second kappa shape index (κ2) is 8.46. The van der Waals surface area contributed by atoms with E-state index in [2.05, 4.69) is 0 Å². The molecule has 1 atom stereocenters. The number of carbonyl (C=O) groups excluding carboxylic acids is 1. The number of carbonyl (C=O) groups is 1. The van der Waals surface area contributed by atoms with E-state index in [0.29, 0.717) is 12.2 Å². The Bertz CT molecular complexity index is 610. The second-order valence-corrected chi connectivity index (χ2v) is 5.71. The fraction of sp³-hybridized carbons (Fsp3) is 0.316. The molecule has 23 heavy (non-hydrogen) atoms. The molecule has 0 spiro atoms.